The number of benzene rings is 1. The molecule has 1 aromatic carbocycles. The van der Waals surface area contributed by atoms with Crippen molar-refractivity contribution in [2.45, 2.75) is 70.9 Å². The van der Waals surface area contributed by atoms with Crippen LogP contribution in [0.3, 0.4) is 0 Å². The molecule has 0 radical (unpaired) electrons. The second-order valence-electron chi connectivity index (χ2n) is 9.41. The van der Waals surface area contributed by atoms with Gasteiger partial charge >= 0.3 is 0 Å². The summed E-state index contributed by atoms with van der Waals surface area (Å²) >= 11 is 0. The van der Waals surface area contributed by atoms with Crippen LogP contribution in [0.25, 0.3) is 0 Å². The first kappa shape index (κ1) is 20.4. The van der Waals surface area contributed by atoms with Crippen LogP contribution in [0.5, 0.6) is 0 Å². The van der Waals surface area contributed by atoms with Gasteiger partial charge in [-0.2, -0.15) is 0 Å². The molecule has 4 unspecified atom stereocenters. The third kappa shape index (κ3) is 3.94. The Balaban J connectivity index is 1.49. The molecular weight excluding hydrogens is 362 g/mol. The van der Waals surface area contributed by atoms with Crippen molar-refractivity contribution in [2.24, 2.45) is 23.5 Å². The summed E-state index contributed by atoms with van der Waals surface area (Å²) in [6.45, 7) is 5.75. The lowest BCUT2D eigenvalue weighted by Crippen LogP contribution is -2.50. The van der Waals surface area contributed by atoms with Crippen molar-refractivity contribution < 1.29 is 9.59 Å². The standard InChI is InChI=1S/C24H35N3O2/c1-16-15-19-7-3-6-10-22(19)27(16)24(29)21-9-5-4-8-20(21)23(28)26-13-11-18(12-14-26)17(2)25/h3,6-7,10,16-18,20-21H,4-5,8-9,11-15,25H2,1-2H3. The number of nitrogens with two attached hydrogens (primary N) is 1. The van der Waals surface area contributed by atoms with E-state index < -0.39 is 0 Å². The summed E-state index contributed by atoms with van der Waals surface area (Å²) in [7, 11) is 0. The average Bonchev–Trinajstić information content (AvgIpc) is 3.08. The fraction of sp³-hybridized carbons (Fsp3) is 0.667. The van der Waals surface area contributed by atoms with E-state index in [1.807, 2.05) is 21.9 Å². The Labute approximate surface area is 174 Å². The highest BCUT2D eigenvalue weighted by atomic mass is 16.2. The van der Waals surface area contributed by atoms with E-state index in [9.17, 15) is 9.59 Å². The molecule has 1 aliphatic carbocycles. The minimum atomic E-state index is -0.184. The van der Waals surface area contributed by atoms with E-state index in [-0.39, 0.29) is 35.7 Å². The molecule has 0 bridgehead atoms. The first-order chi connectivity index (χ1) is 14.0. The van der Waals surface area contributed by atoms with Crippen LogP contribution in [0, 0.1) is 17.8 Å². The first-order valence-corrected chi connectivity index (χ1v) is 11.4. The summed E-state index contributed by atoms with van der Waals surface area (Å²) in [6.07, 6.45) is 6.61. The maximum Gasteiger partial charge on any atom is 0.231 e. The summed E-state index contributed by atoms with van der Waals surface area (Å²) in [5.41, 5.74) is 8.34. The van der Waals surface area contributed by atoms with E-state index in [1.54, 1.807) is 0 Å². The predicted molar refractivity (Wildman–Crippen MR) is 115 cm³/mol. The number of nitrogens with zero attached hydrogens (tertiary/aromatic N) is 2. The van der Waals surface area contributed by atoms with Gasteiger partial charge in [0.25, 0.3) is 0 Å². The second kappa shape index (κ2) is 8.47. The number of hydrogen-bond donors (Lipinski definition) is 1. The van der Waals surface area contributed by atoms with Crippen LogP contribution < -0.4 is 10.6 Å². The minimum absolute atomic E-state index is 0.158. The molecule has 0 aromatic heterocycles. The van der Waals surface area contributed by atoms with E-state index in [1.165, 1.54) is 5.56 Å². The normalized spacial score (nSPS) is 28.9. The van der Waals surface area contributed by atoms with E-state index in [0.717, 1.165) is 63.7 Å². The Hall–Kier alpha value is -1.88. The van der Waals surface area contributed by atoms with Crippen LogP contribution in [-0.2, 0) is 16.0 Å². The van der Waals surface area contributed by atoms with Crippen LogP contribution >= 0.6 is 0 Å². The van der Waals surface area contributed by atoms with Crippen molar-refractivity contribution in [2.75, 3.05) is 18.0 Å². The van der Waals surface area contributed by atoms with Crippen molar-refractivity contribution in [3.8, 4) is 0 Å². The molecule has 4 rings (SSSR count). The second-order valence-corrected chi connectivity index (χ2v) is 9.41. The smallest absolute Gasteiger partial charge is 0.231 e. The topological polar surface area (TPSA) is 66.6 Å². The highest BCUT2D eigenvalue weighted by molar-refractivity contribution is 6.00. The molecule has 5 heteroatoms. The average molecular weight is 398 g/mol. The van der Waals surface area contributed by atoms with Crippen molar-refractivity contribution in [3.63, 3.8) is 0 Å². The predicted octanol–water partition coefficient (Wildman–Crippen LogP) is 3.36. The lowest BCUT2D eigenvalue weighted by Gasteiger charge is -2.39. The number of para-hydroxylation sites is 1. The van der Waals surface area contributed by atoms with Gasteiger partial charge in [0, 0.05) is 36.8 Å². The number of piperidine rings is 1. The Morgan fingerprint density at radius 2 is 1.62 bits per heavy atom. The molecule has 3 aliphatic rings. The molecule has 5 nitrogen and oxygen atoms in total. The minimum Gasteiger partial charge on any atom is -0.342 e. The van der Waals surface area contributed by atoms with Gasteiger partial charge in [-0.15, -0.1) is 0 Å². The molecule has 2 amide bonds. The van der Waals surface area contributed by atoms with E-state index in [0.29, 0.717) is 5.92 Å². The molecule has 2 N–H and O–H groups in total. The van der Waals surface area contributed by atoms with E-state index in [2.05, 4.69) is 26.0 Å². The molecule has 2 aliphatic heterocycles. The number of hydrogen-bond acceptors (Lipinski definition) is 3. The Kier molecular flexibility index (Phi) is 5.95. The van der Waals surface area contributed by atoms with Gasteiger partial charge in [-0.25, -0.2) is 0 Å². The molecule has 0 spiro atoms. The van der Waals surface area contributed by atoms with Crippen LogP contribution in [0.4, 0.5) is 5.69 Å². The summed E-state index contributed by atoms with van der Waals surface area (Å²) in [6, 6.07) is 8.56. The van der Waals surface area contributed by atoms with Gasteiger partial charge in [0.05, 0.1) is 5.92 Å². The number of fused-ring (bicyclic) bond motifs is 1. The van der Waals surface area contributed by atoms with Gasteiger partial charge in [-0.05, 0) is 63.5 Å². The molecule has 158 valence electrons. The van der Waals surface area contributed by atoms with Crippen LogP contribution in [-0.4, -0.2) is 41.9 Å². The molecule has 1 aromatic rings. The maximum atomic E-state index is 13.7. The molecule has 4 atom stereocenters. The fourth-order valence-corrected chi connectivity index (χ4v) is 5.68. The third-order valence-electron chi connectivity index (χ3n) is 7.44. The molecular formula is C24H35N3O2. The largest absolute Gasteiger partial charge is 0.342 e. The molecule has 29 heavy (non-hydrogen) atoms. The van der Waals surface area contributed by atoms with Crippen molar-refractivity contribution >= 4 is 17.5 Å². The highest BCUT2D eigenvalue weighted by Crippen LogP contribution is 2.39. The number of likely N-dealkylation sites (tertiary alicyclic amines) is 1. The van der Waals surface area contributed by atoms with Gasteiger partial charge in [-0.3, -0.25) is 9.59 Å². The third-order valence-corrected chi connectivity index (χ3v) is 7.44. The summed E-state index contributed by atoms with van der Waals surface area (Å²) in [5.74, 6) is 0.515. The molecule has 2 fully saturated rings. The van der Waals surface area contributed by atoms with Gasteiger partial charge in [0.1, 0.15) is 0 Å². The van der Waals surface area contributed by atoms with Crippen molar-refractivity contribution in [1.29, 1.82) is 0 Å². The number of carbonyl (C=O) groups excluding carboxylic acids is 2. The number of rotatable bonds is 3. The zero-order chi connectivity index (χ0) is 20.5. The highest BCUT2D eigenvalue weighted by Gasteiger charge is 2.43. The van der Waals surface area contributed by atoms with E-state index in [4.69, 9.17) is 5.73 Å². The van der Waals surface area contributed by atoms with Gasteiger partial charge in [0.2, 0.25) is 11.8 Å². The van der Waals surface area contributed by atoms with Crippen LogP contribution in [0.15, 0.2) is 24.3 Å². The maximum absolute atomic E-state index is 13.7. The zero-order valence-corrected chi connectivity index (χ0v) is 17.8. The molecule has 1 saturated heterocycles. The van der Waals surface area contributed by atoms with Crippen LogP contribution in [0.2, 0.25) is 0 Å². The van der Waals surface area contributed by atoms with Gasteiger partial charge < -0.3 is 15.5 Å². The Morgan fingerprint density at radius 3 is 2.28 bits per heavy atom. The van der Waals surface area contributed by atoms with Crippen molar-refractivity contribution in [1.82, 2.24) is 4.90 Å². The summed E-state index contributed by atoms with van der Waals surface area (Å²) in [4.78, 5) is 31.1. The lowest BCUT2D eigenvalue weighted by molar-refractivity contribution is -0.144. The molecule has 1 saturated carbocycles. The summed E-state index contributed by atoms with van der Waals surface area (Å²) in [5, 5.41) is 0. The molecule has 2 heterocycles. The quantitative estimate of drug-likeness (QED) is 0.850. The SMILES string of the molecule is CC(N)C1CCN(C(=O)C2CCCCC2C(=O)N2c3ccccc3CC2C)CC1. The number of anilines is 1. The Bertz CT molecular complexity index is 754. The monoisotopic (exact) mass is 397 g/mol. The first-order valence-electron chi connectivity index (χ1n) is 11.4. The fourth-order valence-electron chi connectivity index (χ4n) is 5.68. The lowest BCUT2D eigenvalue weighted by atomic mass is 9.77. The summed E-state index contributed by atoms with van der Waals surface area (Å²) < 4.78 is 0. The Morgan fingerprint density at radius 1 is 1.00 bits per heavy atom. The van der Waals surface area contributed by atoms with Gasteiger partial charge in [-0.1, -0.05) is 31.0 Å². The zero-order valence-electron chi connectivity index (χ0n) is 17.8. The van der Waals surface area contributed by atoms with E-state index >= 15 is 0 Å². The van der Waals surface area contributed by atoms with Crippen molar-refractivity contribution in [3.05, 3.63) is 29.8 Å². The number of carbonyl (C=O) groups is 2. The van der Waals surface area contributed by atoms with Crippen LogP contribution in [0.1, 0.15) is 57.9 Å². The van der Waals surface area contributed by atoms with Gasteiger partial charge in [0.15, 0.2) is 0 Å². The number of amides is 2.